The summed E-state index contributed by atoms with van der Waals surface area (Å²) in [4.78, 5) is 9.10. The highest BCUT2D eigenvalue weighted by atomic mass is 15.6. The lowest BCUT2D eigenvalue weighted by Crippen LogP contribution is -2.62. The quantitative estimate of drug-likeness (QED) is 0.863. The average molecular weight is 286 g/mol. The molecule has 0 saturated carbocycles. The van der Waals surface area contributed by atoms with Crippen LogP contribution in [-0.4, -0.2) is 16.9 Å². The maximum atomic E-state index is 4.69. The van der Waals surface area contributed by atoms with Crippen LogP contribution < -0.4 is 10.4 Å². The zero-order chi connectivity index (χ0) is 14.6. The van der Waals surface area contributed by atoms with E-state index in [1.807, 2.05) is 23.2 Å². The fourth-order valence-corrected chi connectivity index (χ4v) is 3.63. The van der Waals surface area contributed by atoms with Gasteiger partial charge in [0.15, 0.2) is 0 Å². The lowest BCUT2D eigenvalue weighted by molar-refractivity contribution is 0.379. The van der Waals surface area contributed by atoms with Crippen LogP contribution in [0, 0.1) is 5.92 Å². The zero-order valence-corrected chi connectivity index (χ0v) is 11.8. The Balaban J connectivity index is 1.64. The molecule has 4 aliphatic rings. The summed E-state index contributed by atoms with van der Waals surface area (Å²) < 4.78 is 0. The molecule has 0 amide bonds. The molecular weight excluding hydrogens is 272 g/mol. The maximum absolute atomic E-state index is 4.69. The summed E-state index contributed by atoms with van der Waals surface area (Å²) in [6.07, 6.45) is 18.8. The third kappa shape index (κ3) is 1.45. The number of hydrogen-bond donors (Lipinski definition) is 1. The van der Waals surface area contributed by atoms with Crippen molar-refractivity contribution in [2.75, 3.05) is 5.01 Å². The molecule has 4 nitrogen and oxygen atoms in total. The number of rotatable bonds is 1. The highest BCUT2D eigenvalue weighted by molar-refractivity contribution is 5.80. The van der Waals surface area contributed by atoms with Gasteiger partial charge in [0.2, 0.25) is 0 Å². The van der Waals surface area contributed by atoms with Crippen molar-refractivity contribution in [2.45, 2.75) is 5.54 Å². The molecule has 0 aromatic carbocycles. The van der Waals surface area contributed by atoms with E-state index in [-0.39, 0.29) is 11.5 Å². The summed E-state index contributed by atoms with van der Waals surface area (Å²) in [5.74, 6) is 1.12. The maximum Gasteiger partial charge on any atom is 0.148 e. The number of pyridine rings is 1. The molecule has 4 heteroatoms. The Morgan fingerprint density at radius 1 is 1.09 bits per heavy atom. The van der Waals surface area contributed by atoms with Crippen LogP contribution in [0.15, 0.2) is 88.8 Å². The van der Waals surface area contributed by atoms with Gasteiger partial charge in [-0.15, -0.1) is 0 Å². The smallest absolute Gasteiger partial charge is 0.148 e. The Bertz CT molecular complexity index is 826. The third-order valence-corrected chi connectivity index (χ3v) is 4.61. The minimum Gasteiger partial charge on any atom is -0.247 e. The molecule has 5 rings (SSSR count). The second kappa shape index (κ2) is 4.15. The molecule has 2 heterocycles. The molecule has 2 unspecified atom stereocenters. The number of hydrazine groups is 1. The number of hydrogen-bond acceptors (Lipinski definition) is 4. The molecule has 1 spiro atoms. The summed E-state index contributed by atoms with van der Waals surface area (Å²) in [7, 11) is 0. The first-order chi connectivity index (χ1) is 10.9. The van der Waals surface area contributed by atoms with Gasteiger partial charge >= 0.3 is 0 Å². The van der Waals surface area contributed by atoms with Crippen molar-refractivity contribution >= 4 is 12.2 Å². The topological polar surface area (TPSA) is 40.5 Å². The van der Waals surface area contributed by atoms with E-state index in [1.165, 1.54) is 11.1 Å². The van der Waals surface area contributed by atoms with Crippen LogP contribution in [0.1, 0.15) is 0 Å². The predicted octanol–water partition coefficient (Wildman–Crippen LogP) is 2.68. The average Bonchev–Trinajstić information content (AvgIpc) is 3.00. The van der Waals surface area contributed by atoms with Gasteiger partial charge < -0.3 is 0 Å². The molecular formula is C18H14N4. The highest BCUT2D eigenvalue weighted by Crippen LogP contribution is 2.48. The molecule has 0 saturated heterocycles. The molecule has 0 radical (unpaired) electrons. The standard InChI is InChI=1S/C18H14N4/c1-2-11-19-16(5-1)22-12-20-15-9-8-14-7-6-13-4-3-10-18(15,21-22)17(13)14/h1-12,17,21H. The van der Waals surface area contributed by atoms with Crippen LogP contribution in [0.25, 0.3) is 0 Å². The van der Waals surface area contributed by atoms with Crippen molar-refractivity contribution in [1.29, 1.82) is 0 Å². The van der Waals surface area contributed by atoms with Crippen LogP contribution in [0.4, 0.5) is 5.82 Å². The van der Waals surface area contributed by atoms with Crippen molar-refractivity contribution < 1.29 is 0 Å². The second-order valence-electron chi connectivity index (χ2n) is 5.79. The molecule has 0 fully saturated rings. The van der Waals surface area contributed by atoms with Gasteiger partial charge in [-0.25, -0.2) is 20.4 Å². The molecule has 0 bridgehead atoms. The molecule has 1 aliphatic heterocycles. The van der Waals surface area contributed by atoms with Crippen LogP contribution in [0.3, 0.4) is 0 Å². The number of nitrogens with one attached hydrogen (secondary N) is 1. The van der Waals surface area contributed by atoms with Gasteiger partial charge in [0.25, 0.3) is 0 Å². The third-order valence-electron chi connectivity index (χ3n) is 4.61. The number of aromatic nitrogens is 1. The Morgan fingerprint density at radius 3 is 2.86 bits per heavy atom. The summed E-state index contributed by atoms with van der Waals surface area (Å²) in [5, 5.41) is 1.91. The summed E-state index contributed by atoms with van der Waals surface area (Å²) in [6.45, 7) is 0. The normalized spacial score (nSPS) is 30.5. The van der Waals surface area contributed by atoms with E-state index in [0.717, 1.165) is 11.5 Å². The molecule has 1 N–H and O–H groups in total. The Hall–Kier alpha value is -2.72. The van der Waals surface area contributed by atoms with E-state index >= 15 is 0 Å². The van der Waals surface area contributed by atoms with Gasteiger partial charge in [0.1, 0.15) is 17.7 Å². The summed E-state index contributed by atoms with van der Waals surface area (Å²) in [5.41, 5.74) is 6.99. The van der Waals surface area contributed by atoms with Crippen molar-refractivity contribution in [3.8, 4) is 0 Å². The van der Waals surface area contributed by atoms with E-state index in [0.29, 0.717) is 0 Å². The largest absolute Gasteiger partial charge is 0.247 e. The van der Waals surface area contributed by atoms with Gasteiger partial charge in [-0.3, -0.25) is 0 Å². The van der Waals surface area contributed by atoms with Gasteiger partial charge in [0.05, 0.1) is 5.70 Å². The first-order valence-electron chi connectivity index (χ1n) is 7.39. The monoisotopic (exact) mass is 286 g/mol. The number of allylic oxidation sites excluding steroid dienone is 6. The molecule has 1 aromatic rings. The summed E-state index contributed by atoms with van der Waals surface area (Å²) in [6, 6.07) is 5.87. The lowest BCUT2D eigenvalue weighted by atomic mass is 9.70. The van der Waals surface area contributed by atoms with Crippen LogP contribution in [-0.2, 0) is 0 Å². The Kier molecular flexibility index (Phi) is 2.24. The molecule has 1 aromatic heterocycles. The van der Waals surface area contributed by atoms with Gasteiger partial charge in [-0.1, -0.05) is 42.5 Å². The number of anilines is 1. The van der Waals surface area contributed by atoms with Crippen molar-refractivity contribution in [2.24, 2.45) is 10.9 Å². The lowest BCUT2D eigenvalue weighted by Gasteiger charge is -2.47. The van der Waals surface area contributed by atoms with E-state index in [2.05, 4.69) is 57.9 Å². The fraction of sp³-hybridized carbons (Fsp3) is 0.111. The summed E-state index contributed by atoms with van der Waals surface area (Å²) >= 11 is 0. The Labute approximate surface area is 128 Å². The van der Waals surface area contributed by atoms with Crippen LogP contribution in [0.5, 0.6) is 0 Å². The molecule has 2 atom stereocenters. The predicted molar refractivity (Wildman–Crippen MR) is 87.1 cm³/mol. The minimum absolute atomic E-state index is 0.279. The first kappa shape index (κ1) is 11.9. The molecule has 3 aliphatic carbocycles. The first-order valence-corrected chi connectivity index (χ1v) is 7.39. The van der Waals surface area contributed by atoms with Gasteiger partial charge in [-0.2, -0.15) is 0 Å². The second-order valence-corrected chi connectivity index (χ2v) is 5.79. The van der Waals surface area contributed by atoms with E-state index < -0.39 is 0 Å². The van der Waals surface area contributed by atoms with Crippen molar-refractivity contribution in [3.05, 3.63) is 83.8 Å². The van der Waals surface area contributed by atoms with Crippen molar-refractivity contribution in [1.82, 2.24) is 10.4 Å². The van der Waals surface area contributed by atoms with E-state index in [9.17, 15) is 0 Å². The van der Waals surface area contributed by atoms with E-state index in [4.69, 9.17) is 0 Å². The van der Waals surface area contributed by atoms with Crippen LogP contribution >= 0.6 is 0 Å². The molecule has 106 valence electrons. The van der Waals surface area contributed by atoms with Gasteiger partial charge in [-0.05, 0) is 29.4 Å². The highest BCUT2D eigenvalue weighted by Gasteiger charge is 2.49. The van der Waals surface area contributed by atoms with E-state index in [1.54, 1.807) is 12.5 Å². The zero-order valence-electron chi connectivity index (χ0n) is 11.8. The Morgan fingerprint density at radius 2 is 2.00 bits per heavy atom. The fourth-order valence-electron chi connectivity index (χ4n) is 3.63. The minimum atomic E-state index is -0.329. The molecule has 22 heavy (non-hydrogen) atoms. The SMILES string of the molecule is C1=CC23NN(c4ccccn4)C=NC2=CC=C2C=CC(=C1)C23. The number of nitrogens with zero attached hydrogens (tertiary/aromatic N) is 3. The number of aliphatic imine (C=N–C) groups is 1. The van der Waals surface area contributed by atoms with Crippen molar-refractivity contribution in [3.63, 3.8) is 0 Å². The van der Waals surface area contributed by atoms with Gasteiger partial charge in [0, 0.05) is 12.1 Å². The van der Waals surface area contributed by atoms with Crippen LogP contribution in [0.2, 0.25) is 0 Å².